The SMILES string of the molecule is CC(=O)O[C@@H](c1c(C)cc(Br)cc1C)[C@H]1OC(CO)[C@@H](OCc2ccccc2)C(OCc2ccccc2)C1OCc1ccccc1. The molecule has 4 aromatic rings. The molecule has 0 aliphatic carbocycles. The lowest BCUT2D eigenvalue weighted by Crippen LogP contribution is -2.62. The Bertz CT molecular complexity index is 1510. The van der Waals surface area contributed by atoms with Crippen LogP contribution in [0.5, 0.6) is 0 Å². The molecular weight excluding hydrogens is 648 g/mol. The maximum atomic E-state index is 12.7. The van der Waals surface area contributed by atoms with E-state index in [4.69, 9.17) is 23.7 Å². The van der Waals surface area contributed by atoms with Crippen molar-refractivity contribution < 1.29 is 33.6 Å². The molecule has 0 aromatic heterocycles. The Hall–Kier alpha value is -3.37. The van der Waals surface area contributed by atoms with Crippen LogP contribution in [-0.2, 0) is 48.3 Å². The van der Waals surface area contributed by atoms with Crippen LogP contribution in [0.1, 0.15) is 46.4 Å². The van der Waals surface area contributed by atoms with E-state index >= 15 is 0 Å². The minimum Gasteiger partial charge on any atom is -0.455 e. The predicted octanol–water partition coefficient (Wildman–Crippen LogP) is 7.19. The van der Waals surface area contributed by atoms with E-state index in [9.17, 15) is 9.90 Å². The molecule has 242 valence electrons. The number of benzene rings is 4. The summed E-state index contributed by atoms with van der Waals surface area (Å²) in [5.41, 5.74) is 5.59. The molecule has 1 aliphatic heterocycles. The number of aryl methyl sites for hydroxylation is 2. The first-order valence-electron chi connectivity index (χ1n) is 15.5. The monoisotopic (exact) mass is 688 g/mol. The summed E-state index contributed by atoms with van der Waals surface area (Å²) in [6.45, 7) is 5.83. The third kappa shape index (κ3) is 8.70. The average Bonchev–Trinajstić information content (AvgIpc) is 3.05. The summed E-state index contributed by atoms with van der Waals surface area (Å²) in [5, 5.41) is 10.7. The molecule has 1 saturated heterocycles. The molecule has 7 nitrogen and oxygen atoms in total. The molecular formula is C38H41BrO7. The summed E-state index contributed by atoms with van der Waals surface area (Å²) in [5.74, 6) is -0.457. The second-order valence-electron chi connectivity index (χ2n) is 11.6. The number of carbonyl (C=O) groups is 1. The molecule has 3 unspecified atom stereocenters. The average molecular weight is 690 g/mol. The lowest BCUT2D eigenvalue weighted by molar-refractivity contribution is -0.286. The maximum absolute atomic E-state index is 12.7. The van der Waals surface area contributed by atoms with Gasteiger partial charge in [0.1, 0.15) is 30.5 Å². The Morgan fingerprint density at radius 2 is 1.17 bits per heavy atom. The zero-order valence-corrected chi connectivity index (χ0v) is 28.0. The van der Waals surface area contributed by atoms with Gasteiger partial charge in [-0.2, -0.15) is 0 Å². The smallest absolute Gasteiger partial charge is 0.303 e. The van der Waals surface area contributed by atoms with Crippen molar-refractivity contribution in [1.29, 1.82) is 0 Å². The van der Waals surface area contributed by atoms with Crippen LogP contribution in [0.3, 0.4) is 0 Å². The number of aliphatic hydroxyl groups is 1. The normalized spacial score (nSPS) is 21.9. The number of hydrogen-bond donors (Lipinski definition) is 1. The Kier molecular flexibility index (Phi) is 12.2. The van der Waals surface area contributed by atoms with E-state index in [-0.39, 0.29) is 26.4 Å². The van der Waals surface area contributed by atoms with Gasteiger partial charge >= 0.3 is 5.97 Å². The van der Waals surface area contributed by atoms with Gasteiger partial charge in [0.05, 0.1) is 26.4 Å². The van der Waals surface area contributed by atoms with E-state index in [2.05, 4.69) is 15.9 Å². The van der Waals surface area contributed by atoms with E-state index in [1.54, 1.807) is 0 Å². The Balaban J connectivity index is 1.58. The molecule has 0 bridgehead atoms. The number of rotatable bonds is 13. The summed E-state index contributed by atoms with van der Waals surface area (Å²) < 4.78 is 33.7. The van der Waals surface area contributed by atoms with Crippen molar-refractivity contribution in [2.75, 3.05) is 6.61 Å². The molecule has 1 N–H and O–H groups in total. The van der Waals surface area contributed by atoms with Crippen molar-refractivity contribution in [3.8, 4) is 0 Å². The molecule has 4 aromatic carbocycles. The molecule has 8 heteroatoms. The molecule has 1 heterocycles. The van der Waals surface area contributed by atoms with Gasteiger partial charge < -0.3 is 28.8 Å². The van der Waals surface area contributed by atoms with Crippen LogP contribution < -0.4 is 0 Å². The first-order valence-corrected chi connectivity index (χ1v) is 16.3. The number of esters is 1. The summed E-state index contributed by atoms with van der Waals surface area (Å²) in [7, 11) is 0. The van der Waals surface area contributed by atoms with Gasteiger partial charge in [-0.3, -0.25) is 4.79 Å². The van der Waals surface area contributed by atoms with Gasteiger partial charge in [0, 0.05) is 17.0 Å². The summed E-state index contributed by atoms with van der Waals surface area (Å²) in [6.07, 6.45) is -4.62. The fourth-order valence-corrected chi connectivity index (χ4v) is 6.74. The number of halogens is 1. The Labute approximate surface area is 279 Å². The minimum absolute atomic E-state index is 0.261. The Morgan fingerprint density at radius 3 is 1.61 bits per heavy atom. The van der Waals surface area contributed by atoms with Crippen molar-refractivity contribution >= 4 is 21.9 Å². The van der Waals surface area contributed by atoms with Crippen LogP contribution >= 0.6 is 15.9 Å². The standard InChI is InChI=1S/C38H41BrO7/c1-25-19-31(39)20-26(2)33(25)35(45-27(3)41)38-37(44-24-30-17-11-6-12-18-30)36(43-23-29-15-9-5-10-16-29)34(32(21-40)46-38)42-22-28-13-7-4-8-14-28/h4-20,32,34-38,40H,21-24H2,1-3H3/t32?,34-,35+,36?,37?,38-/m1/s1. The van der Waals surface area contributed by atoms with Crippen molar-refractivity contribution in [2.45, 2.75) is 77.2 Å². The first kappa shape index (κ1) is 34.0. The van der Waals surface area contributed by atoms with Gasteiger partial charge in [0.15, 0.2) is 6.10 Å². The second kappa shape index (κ2) is 16.5. The Morgan fingerprint density at radius 1 is 0.739 bits per heavy atom. The fraction of sp³-hybridized carbons (Fsp3) is 0.342. The van der Waals surface area contributed by atoms with Crippen LogP contribution in [0, 0.1) is 13.8 Å². The minimum atomic E-state index is -0.849. The molecule has 1 aliphatic rings. The van der Waals surface area contributed by atoms with Crippen LogP contribution in [-0.4, -0.2) is 48.2 Å². The van der Waals surface area contributed by atoms with Gasteiger partial charge in [0.2, 0.25) is 0 Å². The lowest BCUT2D eigenvalue weighted by atomic mass is 9.86. The zero-order valence-electron chi connectivity index (χ0n) is 26.4. The molecule has 0 spiro atoms. The lowest BCUT2D eigenvalue weighted by Gasteiger charge is -2.48. The van der Waals surface area contributed by atoms with Gasteiger partial charge in [-0.05, 0) is 53.8 Å². The molecule has 1 fully saturated rings. The van der Waals surface area contributed by atoms with Gasteiger partial charge in [-0.1, -0.05) is 107 Å². The zero-order chi connectivity index (χ0) is 32.5. The van der Waals surface area contributed by atoms with E-state index in [1.165, 1.54) is 6.92 Å². The second-order valence-corrected chi connectivity index (χ2v) is 12.5. The molecule has 0 radical (unpaired) electrons. The topological polar surface area (TPSA) is 83.5 Å². The van der Waals surface area contributed by atoms with Crippen molar-refractivity contribution in [2.24, 2.45) is 0 Å². The number of carbonyl (C=O) groups excluding carboxylic acids is 1. The van der Waals surface area contributed by atoms with E-state index in [0.29, 0.717) is 0 Å². The van der Waals surface area contributed by atoms with Gasteiger partial charge in [-0.15, -0.1) is 0 Å². The third-order valence-corrected chi connectivity index (χ3v) is 8.60. The molecule has 0 saturated carbocycles. The highest BCUT2D eigenvalue weighted by atomic mass is 79.9. The molecule has 46 heavy (non-hydrogen) atoms. The van der Waals surface area contributed by atoms with E-state index < -0.39 is 42.6 Å². The summed E-state index contributed by atoms with van der Waals surface area (Å²) in [6, 6.07) is 33.5. The van der Waals surface area contributed by atoms with Crippen LogP contribution in [0.2, 0.25) is 0 Å². The maximum Gasteiger partial charge on any atom is 0.303 e. The van der Waals surface area contributed by atoms with Crippen molar-refractivity contribution in [3.63, 3.8) is 0 Å². The van der Waals surface area contributed by atoms with Crippen LogP contribution in [0.4, 0.5) is 0 Å². The number of hydrogen-bond acceptors (Lipinski definition) is 7. The number of aliphatic hydroxyl groups excluding tert-OH is 1. The highest BCUT2D eigenvalue weighted by Crippen LogP contribution is 2.40. The van der Waals surface area contributed by atoms with Crippen molar-refractivity contribution in [1.82, 2.24) is 0 Å². The van der Waals surface area contributed by atoms with Crippen LogP contribution in [0.15, 0.2) is 108 Å². The summed E-state index contributed by atoms with van der Waals surface area (Å²) >= 11 is 3.59. The molecule has 5 rings (SSSR count). The molecule has 0 amide bonds. The number of ether oxygens (including phenoxy) is 5. The first-order chi connectivity index (χ1) is 22.3. The van der Waals surface area contributed by atoms with Crippen molar-refractivity contribution in [3.05, 3.63) is 141 Å². The predicted molar refractivity (Wildman–Crippen MR) is 179 cm³/mol. The van der Waals surface area contributed by atoms with E-state index in [1.807, 2.05) is 117 Å². The van der Waals surface area contributed by atoms with E-state index in [0.717, 1.165) is 37.9 Å². The van der Waals surface area contributed by atoms with Crippen LogP contribution in [0.25, 0.3) is 0 Å². The fourth-order valence-electron chi connectivity index (χ4n) is 6.05. The third-order valence-electron chi connectivity index (χ3n) is 8.14. The highest BCUT2D eigenvalue weighted by Gasteiger charge is 2.52. The summed E-state index contributed by atoms with van der Waals surface area (Å²) in [4.78, 5) is 12.7. The quantitative estimate of drug-likeness (QED) is 0.149. The van der Waals surface area contributed by atoms with Gasteiger partial charge in [0.25, 0.3) is 0 Å². The molecule has 6 atom stereocenters. The largest absolute Gasteiger partial charge is 0.455 e. The van der Waals surface area contributed by atoms with Gasteiger partial charge in [-0.25, -0.2) is 0 Å². The highest BCUT2D eigenvalue weighted by molar-refractivity contribution is 9.10.